The molecule has 0 saturated carbocycles. The first kappa shape index (κ1) is 11.1. The van der Waals surface area contributed by atoms with Crippen LogP contribution in [0.3, 0.4) is 0 Å². The third-order valence-corrected chi connectivity index (χ3v) is 2.11. The van der Waals surface area contributed by atoms with Crippen LogP contribution < -0.4 is 0 Å². The number of benzene rings is 1. The molecular weight excluding hydrogens is 186 g/mol. The fraction of sp³-hybridized carbons (Fsp3) is 0.455. The molecule has 0 unspecified atom stereocenters. The van der Waals surface area contributed by atoms with E-state index in [0.29, 0.717) is 0 Å². The minimum Gasteiger partial charge on any atom is -0.390 e. The van der Waals surface area contributed by atoms with Crippen molar-refractivity contribution < 1.29 is 13.9 Å². The summed E-state index contributed by atoms with van der Waals surface area (Å²) in [6.45, 7) is 0.899. The Bertz CT molecular complexity index is 280. The Balaban J connectivity index is 2.82. The standard InChI is InChI=1S/C11H14F2O/c1-2-3-9-4-6-10(7-5-9)11(12,13)8-14/h4-7,14H,2-3,8H2,1H3. The quantitative estimate of drug-likeness (QED) is 0.792. The first-order valence-electron chi connectivity index (χ1n) is 4.68. The van der Waals surface area contributed by atoms with Crippen LogP contribution in [0, 0.1) is 0 Å². The fourth-order valence-corrected chi connectivity index (χ4v) is 1.30. The lowest BCUT2D eigenvalue weighted by molar-refractivity contribution is -0.0556. The Kier molecular flexibility index (Phi) is 3.58. The molecule has 1 rings (SSSR count). The van der Waals surface area contributed by atoms with Gasteiger partial charge >= 0.3 is 0 Å². The zero-order valence-electron chi connectivity index (χ0n) is 8.13. The van der Waals surface area contributed by atoms with E-state index in [1.165, 1.54) is 12.1 Å². The van der Waals surface area contributed by atoms with Crippen molar-refractivity contribution in [2.75, 3.05) is 6.61 Å². The van der Waals surface area contributed by atoms with Crippen molar-refractivity contribution in [3.8, 4) is 0 Å². The molecule has 0 amide bonds. The molecule has 0 atom stereocenters. The molecule has 1 aromatic carbocycles. The minimum atomic E-state index is -3.12. The monoisotopic (exact) mass is 200 g/mol. The zero-order chi connectivity index (χ0) is 10.6. The summed E-state index contributed by atoms with van der Waals surface area (Å²) in [5.41, 5.74) is 0.921. The van der Waals surface area contributed by atoms with E-state index < -0.39 is 12.5 Å². The third kappa shape index (κ3) is 2.51. The van der Waals surface area contributed by atoms with E-state index in [0.717, 1.165) is 18.4 Å². The second-order valence-corrected chi connectivity index (χ2v) is 3.31. The normalized spacial score (nSPS) is 11.7. The molecule has 0 spiro atoms. The topological polar surface area (TPSA) is 20.2 Å². The van der Waals surface area contributed by atoms with Gasteiger partial charge in [0, 0.05) is 5.56 Å². The Labute approximate surface area is 82.4 Å². The highest BCUT2D eigenvalue weighted by molar-refractivity contribution is 5.25. The van der Waals surface area contributed by atoms with Crippen molar-refractivity contribution in [2.45, 2.75) is 25.7 Å². The van der Waals surface area contributed by atoms with Gasteiger partial charge in [0.1, 0.15) is 6.61 Å². The van der Waals surface area contributed by atoms with E-state index in [1.54, 1.807) is 12.1 Å². The van der Waals surface area contributed by atoms with Crippen LogP contribution >= 0.6 is 0 Å². The second-order valence-electron chi connectivity index (χ2n) is 3.31. The molecule has 3 heteroatoms. The number of rotatable bonds is 4. The second kappa shape index (κ2) is 4.51. The summed E-state index contributed by atoms with van der Waals surface area (Å²) in [6, 6.07) is 6.12. The van der Waals surface area contributed by atoms with Crippen LogP contribution in [-0.2, 0) is 12.3 Å². The smallest absolute Gasteiger partial charge is 0.295 e. The van der Waals surface area contributed by atoms with E-state index in [1.807, 2.05) is 6.92 Å². The van der Waals surface area contributed by atoms with Crippen LogP contribution in [0.25, 0.3) is 0 Å². The molecular formula is C11H14F2O. The van der Waals surface area contributed by atoms with Crippen molar-refractivity contribution in [1.82, 2.24) is 0 Å². The Morgan fingerprint density at radius 3 is 2.21 bits per heavy atom. The van der Waals surface area contributed by atoms with Gasteiger partial charge in [0.15, 0.2) is 0 Å². The van der Waals surface area contributed by atoms with Crippen molar-refractivity contribution in [1.29, 1.82) is 0 Å². The molecule has 1 aromatic rings. The van der Waals surface area contributed by atoms with Gasteiger partial charge in [-0.05, 0) is 12.0 Å². The molecule has 0 aliphatic heterocycles. The zero-order valence-corrected chi connectivity index (χ0v) is 8.13. The molecule has 0 aliphatic carbocycles. The third-order valence-electron chi connectivity index (χ3n) is 2.11. The highest BCUT2D eigenvalue weighted by Gasteiger charge is 2.29. The maximum Gasteiger partial charge on any atom is 0.295 e. The fourth-order valence-electron chi connectivity index (χ4n) is 1.30. The summed E-state index contributed by atoms with van der Waals surface area (Å²) in [6.07, 6.45) is 1.89. The minimum absolute atomic E-state index is 0.125. The number of alkyl halides is 2. The maximum atomic E-state index is 13.0. The summed E-state index contributed by atoms with van der Waals surface area (Å²) in [5.74, 6) is -3.12. The van der Waals surface area contributed by atoms with Crippen LogP contribution in [0.15, 0.2) is 24.3 Å². The molecule has 1 N–H and O–H groups in total. The number of aryl methyl sites for hydroxylation is 1. The predicted octanol–water partition coefficient (Wildman–Crippen LogP) is 2.72. The summed E-state index contributed by atoms with van der Waals surface area (Å²) in [4.78, 5) is 0. The molecule has 0 bridgehead atoms. The van der Waals surface area contributed by atoms with Gasteiger partial charge in [-0.1, -0.05) is 37.6 Å². The first-order chi connectivity index (χ1) is 6.60. The Morgan fingerprint density at radius 2 is 1.79 bits per heavy atom. The van der Waals surface area contributed by atoms with Gasteiger partial charge in [-0.15, -0.1) is 0 Å². The van der Waals surface area contributed by atoms with Crippen LogP contribution in [0.2, 0.25) is 0 Å². The molecule has 0 aromatic heterocycles. The molecule has 1 nitrogen and oxygen atoms in total. The first-order valence-corrected chi connectivity index (χ1v) is 4.68. The average Bonchev–Trinajstić information content (AvgIpc) is 2.19. The molecule has 0 radical (unpaired) electrons. The van der Waals surface area contributed by atoms with Gasteiger partial charge in [0.25, 0.3) is 5.92 Å². The summed E-state index contributed by atoms with van der Waals surface area (Å²) >= 11 is 0. The molecule has 0 heterocycles. The number of halogens is 2. The number of hydrogen-bond acceptors (Lipinski definition) is 1. The van der Waals surface area contributed by atoms with E-state index in [4.69, 9.17) is 5.11 Å². The van der Waals surface area contributed by atoms with Gasteiger partial charge in [-0.25, -0.2) is 0 Å². The molecule has 0 aliphatic rings. The van der Waals surface area contributed by atoms with E-state index in [-0.39, 0.29) is 5.56 Å². The largest absolute Gasteiger partial charge is 0.390 e. The number of aliphatic hydroxyl groups is 1. The van der Waals surface area contributed by atoms with Gasteiger partial charge in [0.05, 0.1) is 0 Å². The van der Waals surface area contributed by atoms with Crippen LogP contribution in [0.5, 0.6) is 0 Å². The van der Waals surface area contributed by atoms with Crippen molar-refractivity contribution >= 4 is 0 Å². The Hall–Kier alpha value is -0.960. The lowest BCUT2D eigenvalue weighted by Gasteiger charge is -2.13. The average molecular weight is 200 g/mol. The molecule has 0 fully saturated rings. The highest BCUT2D eigenvalue weighted by Crippen LogP contribution is 2.27. The van der Waals surface area contributed by atoms with Gasteiger partial charge in [-0.2, -0.15) is 8.78 Å². The highest BCUT2D eigenvalue weighted by atomic mass is 19.3. The summed E-state index contributed by atoms with van der Waals surface area (Å²) in [5, 5.41) is 8.47. The van der Waals surface area contributed by atoms with E-state index >= 15 is 0 Å². The predicted molar refractivity (Wildman–Crippen MR) is 51.4 cm³/mol. The van der Waals surface area contributed by atoms with E-state index in [9.17, 15) is 8.78 Å². The van der Waals surface area contributed by atoms with Crippen molar-refractivity contribution in [3.63, 3.8) is 0 Å². The van der Waals surface area contributed by atoms with Gasteiger partial charge < -0.3 is 5.11 Å². The van der Waals surface area contributed by atoms with Gasteiger partial charge in [-0.3, -0.25) is 0 Å². The van der Waals surface area contributed by atoms with E-state index in [2.05, 4.69) is 0 Å². The lowest BCUT2D eigenvalue weighted by atomic mass is 10.0. The van der Waals surface area contributed by atoms with Gasteiger partial charge in [0.2, 0.25) is 0 Å². The Morgan fingerprint density at radius 1 is 1.21 bits per heavy atom. The SMILES string of the molecule is CCCc1ccc(C(F)(F)CO)cc1. The molecule has 78 valence electrons. The number of hydrogen-bond donors (Lipinski definition) is 1. The van der Waals surface area contributed by atoms with Crippen LogP contribution in [0.4, 0.5) is 8.78 Å². The summed E-state index contributed by atoms with van der Waals surface area (Å²) < 4.78 is 25.9. The van der Waals surface area contributed by atoms with Crippen LogP contribution in [0.1, 0.15) is 24.5 Å². The molecule has 14 heavy (non-hydrogen) atoms. The van der Waals surface area contributed by atoms with Crippen molar-refractivity contribution in [2.24, 2.45) is 0 Å². The van der Waals surface area contributed by atoms with Crippen molar-refractivity contribution in [3.05, 3.63) is 35.4 Å². The number of aliphatic hydroxyl groups excluding tert-OH is 1. The van der Waals surface area contributed by atoms with Crippen LogP contribution in [-0.4, -0.2) is 11.7 Å². The lowest BCUT2D eigenvalue weighted by Crippen LogP contribution is -2.18. The maximum absolute atomic E-state index is 13.0. The molecule has 0 saturated heterocycles. The summed E-state index contributed by atoms with van der Waals surface area (Å²) in [7, 11) is 0.